The van der Waals surface area contributed by atoms with Crippen LogP contribution >= 0.6 is 0 Å². The summed E-state index contributed by atoms with van der Waals surface area (Å²) in [6.07, 6.45) is 21.0. The molecule has 1 aromatic rings. The molecule has 4 aliphatic carbocycles. The zero-order chi connectivity index (χ0) is 32.2. The predicted octanol–water partition coefficient (Wildman–Crippen LogP) is 8.59. The van der Waals surface area contributed by atoms with Crippen LogP contribution < -0.4 is 16.0 Å². The van der Waals surface area contributed by atoms with Gasteiger partial charge < -0.3 is 4.74 Å². The van der Waals surface area contributed by atoms with Gasteiger partial charge in [0.2, 0.25) is 0 Å². The molecule has 0 amide bonds. The van der Waals surface area contributed by atoms with Crippen molar-refractivity contribution in [1.82, 2.24) is 14.1 Å². The summed E-state index contributed by atoms with van der Waals surface area (Å²) in [5.41, 5.74) is 4.95. The minimum absolute atomic E-state index is 0.0805. The number of benzene rings is 1. The lowest BCUT2D eigenvalue weighted by atomic mass is 9.46. The van der Waals surface area contributed by atoms with Crippen molar-refractivity contribution in [3.63, 3.8) is 0 Å². The Balaban J connectivity index is 1.22. The number of methoxy groups -OCH3 is 1. The number of fused-ring (bicyclic) bond motifs is 7. The van der Waals surface area contributed by atoms with E-state index < -0.39 is 5.69 Å². The van der Waals surface area contributed by atoms with Crippen molar-refractivity contribution in [2.45, 2.75) is 111 Å². The van der Waals surface area contributed by atoms with Crippen molar-refractivity contribution in [3.8, 4) is 22.8 Å². The maximum atomic E-state index is 13.5. The summed E-state index contributed by atoms with van der Waals surface area (Å²) in [6, 6.07) is 9.90. The zero-order valence-corrected chi connectivity index (χ0v) is 28.7. The molecule has 6 aliphatic rings. The summed E-state index contributed by atoms with van der Waals surface area (Å²) in [7, 11) is 3.19. The first-order valence-corrected chi connectivity index (χ1v) is 18.2. The topological polar surface area (TPSA) is 66.1 Å². The van der Waals surface area contributed by atoms with E-state index in [0.29, 0.717) is 22.7 Å². The fourth-order valence-corrected chi connectivity index (χ4v) is 10.8. The van der Waals surface area contributed by atoms with Crippen molar-refractivity contribution < 1.29 is 4.74 Å². The molecule has 0 radical (unpaired) electrons. The van der Waals surface area contributed by atoms with Crippen LogP contribution in [-0.4, -0.2) is 21.2 Å². The molecule has 0 aromatic heterocycles. The second-order valence-corrected chi connectivity index (χ2v) is 15.6. The molecule has 2 aliphatic heterocycles. The normalized spacial score (nSPS) is 29.9. The lowest BCUT2D eigenvalue weighted by Gasteiger charge is -2.58. The van der Waals surface area contributed by atoms with Crippen LogP contribution in [0, 0.1) is 34.5 Å². The number of unbranched alkanes of at least 4 members (excludes halogenated alkanes) is 5. The lowest BCUT2D eigenvalue weighted by molar-refractivity contribution is -0.0478. The molecule has 46 heavy (non-hydrogen) atoms. The zero-order valence-electron chi connectivity index (χ0n) is 28.7. The third-order valence-corrected chi connectivity index (χ3v) is 13.4. The number of ether oxygens (including phenoxy) is 1. The predicted molar refractivity (Wildman–Crippen MR) is 186 cm³/mol. The summed E-state index contributed by atoms with van der Waals surface area (Å²) >= 11 is 0. The van der Waals surface area contributed by atoms with Gasteiger partial charge in [0.15, 0.2) is 5.82 Å². The molecule has 3 saturated carbocycles. The Morgan fingerprint density at radius 1 is 0.957 bits per heavy atom. The van der Waals surface area contributed by atoms with Gasteiger partial charge in [0.1, 0.15) is 5.75 Å². The van der Waals surface area contributed by atoms with Gasteiger partial charge in [-0.05, 0) is 128 Å². The molecule has 0 unspecified atom stereocenters. The molecule has 1 aromatic carbocycles. The van der Waals surface area contributed by atoms with Crippen molar-refractivity contribution in [3.05, 3.63) is 68.0 Å². The molecule has 0 N–H and O–H groups in total. The second kappa shape index (κ2) is 12.1. The summed E-state index contributed by atoms with van der Waals surface area (Å²) in [4.78, 5) is 30.8. The first kappa shape index (κ1) is 31.4. The van der Waals surface area contributed by atoms with Crippen LogP contribution in [0.25, 0.3) is 23.2 Å². The van der Waals surface area contributed by atoms with Gasteiger partial charge in [-0.1, -0.05) is 64.9 Å². The van der Waals surface area contributed by atoms with Gasteiger partial charge in [0.05, 0.1) is 18.4 Å². The van der Waals surface area contributed by atoms with Gasteiger partial charge in [0.25, 0.3) is 5.56 Å². The van der Waals surface area contributed by atoms with Gasteiger partial charge in [-0.25, -0.2) is 4.79 Å². The first-order chi connectivity index (χ1) is 22.2. The van der Waals surface area contributed by atoms with Gasteiger partial charge in [-0.15, -0.1) is 0 Å². The Hall–Kier alpha value is -3.15. The second-order valence-electron chi connectivity index (χ2n) is 15.6. The van der Waals surface area contributed by atoms with Crippen LogP contribution in [-0.2, 0) is 13.5 Å². The van der Waals surface area contributed by atoms with Gasteiger partial charge in [-0.2, -0.15) is 4.98 Å². The van der Waals surface area contributed by atoms with Crippen LogP contribution in [0.5, 0.6) is 5.75 Å². The third kappa shape index (κ3) is 5.00. The highest BCUT2D eigenvalue weighted by Gasteiger charge is 2.58. The Morgan fingerprint density at radius 3 is 2.48 bits per heavy atom. The SMILES string of the molecule is CCCCCCCC[C@H]1CC[C@H]2[C@@H]3CCC4=Cc5c(cc6c(=O)n(C)c(=O)nc-6n5-c5ccc(OC)cc5)C[C@]4(C)[C@H]3CC[C@]12C. The quantitative estimate of drug-likeness (QED) is 0.224. The number of hydrogen-bond donors (Lipinski definition) is 0. The molecule has 0 bridgehead atoms. The number of nitrogens with zero attached hydrogens (tertiary/aromatic N) is 3. The maximum Gasteiger partial charge on any atom is 0.352 e. The average molecular weight is 624 g/mol. The molecule has 2 heterocycles. The highest BCUT2D eigenvalue weighted by Crippen LogP contribution is 2.67. The van der Waals surface area contributed by atoms with Crippen molar-refractivity contribution in [2.75, 3.05) is 7.11 Å². The highest BCUT2D eigenvalue weighted by atomic mass is 16.5. The number of hydrogen-bond acceptors (Lipinski definition) is 4. The maximum absolute atomic E-state index is 13.5. The van der Waals surface area contributed by atoms with E-state index in [0.717, 1.165) is 52.3 Å². The van der Waals surface area contributed by atoms with E-state index in [9.17, 15) is 9.59 Å². The molecule has 6 heteroatoms. The molecular weight excluding hydrogens is 570 g/mol. The molecule has 246 valence electrons. The van der Waals surface area contributed by atoms with Gasteiger partial charge in [-0.3, -0.25) is 13.9 Å². The van der Waals surface area contributed by atoms with Crippen LogP contribution in [0.2, 0.25) is 0 Å². The van der Waals surface area contributed by atoms with E-state index >= 15 is 0 Å². The fraction of sp³-hybridized carbons (Fsp3) is 0.625. The van der Waals surface area contributed by atoms with Crippen molar-refractivity contribution in [2.24, 2.45) is 41.5 Å². The molecule has 6 atom stereocenters. The van der Waals surface area contributed by atoms with Crippen LogP contribution in [0.15, 0.2) is 45.5 Å². The number of pyridine rings is 1. The summed E-state index contributed by atoms with van der Waals surface area (Å²) in [5, 5.41) is 0. The Labute approximate surface area is 274 Å². The van der Waals surface area contributed by atoms with Crippen LogP contribution in [0.3, 0.4) is 0 Å². The minimum Gasteiger partial charge on any atom is -0.497 e. The van der Waals surface area contributed by atoms with Gasteiger partial charge >= 0.3 is 5.69 Å². The first-order valence-electron chi connectivity index (χ1n) is 18.2. The Kier molecular flexibility index (Phi) is 8.30. The van der Waals surface area contributed by atoms with Crippen LogP contribution in [0.1, 0.15) is 115 Å². The van der Waals surface area contributed by atoms with E-state index in [1.807, 2.05) is 28.8 Å². The molecule has 3 fully saturated rings. The van der Waals surface area contributed by atoms with Gasteiger partial charge in [0, 0.05) is 12.7 Å². The largest absolute Gasteiger partial charge is 0.497 e. The van der Waals surface area contributed by atoms with E-state index in [2.05, 4.69) is 37.9 Å². The van der Waals surface area contributed by atoms with E-state index in [-0.39, 0.29) is 11.0 Å². The Morgan fingerprint density at radius 2 is 1.72 bits per heavy atom. The smallest absolute Gasteiger partial charge is 0.352 e. The monoisotopic (exact) mass is 623 g/mol. The third-order valence-electron chi connectivity index (χ3n) is 13.4. The molecule has 6 nitrogen and oxygen atoms in total. The minimum atomic E-state index is -0.523. The van der Waals surface area contributed by atoms with E-state index in [4.69, 9.17) is 4.74 Å². The molecule has 0 saturated heterocycles. The Bertz CT molecular complexity index is 1720. The summed E-state index contributed by atoms with van der Waals surface area (Å²) < 4.78 is 8.62. The average Bonchev–Trinajstić information content (AvgIpc) is 3.39. The fourth-order valence-electron chi connectivity index (χ4n) is 10.8. The van der Waals surface area contributed by atoms with E-state index in [1.165, 1.54) is 89.7 Å². The summed E-state index contributed by atoms with van der Waals surface area (Å²) in [5.74, 6) is 4.38. The molecule has 0 spiro atoms. The van der Waals surface area contributed by atoms with Crippen molar-refractivity contribution >= 4 is 6.08 Å². The standard InChI is InChI=1S/C40H53N3O3/c1-6-7-8-9-10-11-12-27-14-20-33-31-19-13-28-24-35-26(25-40(28,3)34(31)21-22-39(27,33)2)23-32-36(41-38(45)42(4)37(32)44)43(35)29-15-17-30(46-5)18-16-29/h15-18,23-24,27,31,33-34H,6-14,19-22,25H2,1-5H3/t27-,31-,33-,34-,39+,40-/m0/s1. The number of rotatable bonds is 9. The molecular formula is C40H53N3O3. The van der Waals surface area contributed by atoms with E-state index in [1.54, 1.807) is 12.7 Å². The van der Waals surface area contributed by atoms with Crippen LogP contribution in [0.4, 0.5) is 0 Å². The highest BCUT2D eigenvalue weighted by molar-refractivity contribution is 5.70. The van der Waals surface area contributed by atoms with Crippen molar-refractivity contribution in [1.29, 1.82) is 0 Å². The molecule has 7 rings (SSSR count). The number of aromatic nitrogens is 3. The number of allylic oxidation sites excluding steroid dienone is 1. The summed E-state index contributed by atoms with van der Waals surface area (Å²) in [6.45, 7) is 7.50. The lowest BCUT2D eigenvalue weighted by Crippen LogP contribution is -2.51.